The number of benzene rings is 1. The number of hydrogen-bond donors (Lipinski definition) is 4. The monoisotopic (exact) mass is 441 g/mol. The number of nitrogens with zero attached hydrogens (tertiary/aromatic N) is 1. The van der Waals surface area contributed by atoms with Crippen molar-refractivity contribution in [3.63, 3.8) is 0 Å². The Balaban J connectivity index is 0.000000273. The van der Waals surface area contributed by atoms with Crippen molar-refractivity contribution >= 4 is 35.4 Å². The van der Waals surface area contributed by atoms with Crippen LogP contribution in [0.2, 0.25) is 0 Å². The molecule has 0 saturated heterocycles. The van der Waals surface area contributed by atoms with Crippen LogP contribution in [0.15, 0.2) is 67.0 Å². The zero-order chi connectivity index (χ0) is 24.3. The van der Waals surface area contributed by atoms with E-state index in [1.54, 1.807) is 30.3 Å². The van der Waals surface area contributed by atoms with Gasteiger partial charge >= 0.3 is 23.9 Å². The third-order valence-electron chi connectivity index (χ3n) is 3.46. The number of aliphatic carboxylic acids is 4. The maximum Gasteiger partial charge on any atom is 0.328 e. The van der Waals surface area contributed by atoms with E-state index in [4.69, 9.17) is 20.4 Å². The quantitative estimate of drug-likeness (QED) is 0.426. The first-order valence-corrected chi connectivity index (χ1v) is 8.44. The third-order valence-corrected chi connectivity index (χ3v) is 3.46. The molecule has 3 rings (SSSR count). The molecule has 0 radical (unpaired) electrons. The SMILES string of the molecule is O=C(O)C=CC(=O)O.O=C(O)C=CC(=O)O.O=C1c2ccccc2C(=O)c2cnccc21. The number of fused-ring (bicyclic) bond motifs is 2. The van der Waals surface area contributed by atoms with E-state index in [2.05, 4.69) is 4.98 Å². The van der Waals surface area contributed by atoms with Crippen LogP contribution in [0.4, 0.5) is 0 Å². The van der Waals surface area contributed by atoms with Crippen LogP contribution in [-0.4, -0.2) is 60.9 Å². The minimum atomic E-state index is -1.26. The average Bonchev–Trinajstić information content (AvgIpc) is 2.75. The minimum Gasteiger partial charge on any atom is -0.478 e. The summed E-state index contributed by atoms with van der Waals surface area (Å²) in [6, 6.07) is 8.46. The Kier molecular flexibility index (Phi) is 9.36. The Morgan fingerprint density at radius 3 is 1.31 bits per heavy atom. The van der Waals surface area contributed by atoms with Gasteiger partial charge in [0.25, 0.3) is 0 Å². The van der Waals surface area contributed by atoms with Gasteiger partial charge in [0.2, 0.25) is 0 Å². The number of pyridine rings is 1. The van der Waals surface area contributed by atoms with E-state index in [9.17, 15) is 28.8 Å². The lowest BCUT2D eigenvalue weighted by Gasteiger charge is -2.15. The number of hydrogen-bond acceptors (Lipinski definition) is 7. The van der Waals surface area contributed by atoms with E-state index in [0.29, 0.717) is 46.6 Å². The van der Waals surface area contributed by atoms with Crippen molar-refractivity contribution in [1.82, 2.24) is 4.98 Å². The second-order valence-corrected chi connectivity index (χ2v) is 5.64. The first-order valence-electron chi connectivity index (χ1n) is 8.44. The zero-order valence-electron chi connectivity index (χ0n) is 16.0. The fraction of sp³-hybridized carbons (Fsp3) is 0. The molecule has 0 atom stereocenters. The minimum absolute atomic E-state index is 0.104. The smallest absolute Gasteiger partial charge is 0.328 e. The third kappa shape index (κ3) is 7.83. The molecule has 0 fully saturated rings. The van der Waals surface area contributed by atoms with Gasteiger partial charge in [0.1, 0.15) is 0 Å². The van der Waals surface area contributed by atoms with Crippen molar-refractivity contribution in [2.24, 2.45) is 0 Å². The molecule has 164 valence electrons. The van der Waals surface area contributed by atoms with Crippen molar-refractivity contribution in [1.29, 1.82) is 0 Å². The predicted octanol–water partition coefficient (Wildman–Crippen LogP) is 1.28. The molecule has 0 aliphatic heterocycles. The van der Waals surface area contributed by atoms with Gasteiger partial charge in [0.15, 0.2) is 11.6 Å². The van der Waals surface area contributed by atoms with Crippen LogP contribution in [0, 0.1) is 0 Å². The lowest BCUT2D eigenvalue weighted by Crippen LogP contribution is -2.20. The Bertz CT molecular complexity index is 959. The van der Waals surface area contributed by atoms with Crippen molar-refractivity contribution in [2.75, 3.05) is 0 Å². The Hall–Kier alpha value is -4.93. The molecule has 11 heteroatoms. The summed E-state index contributed by atoms with van der Waals surface area (Å²) in [5, 5.41) is 31.2. The van der Waals surface area contributed by atoms with E-state index < -0.39 is 23.9 Å². The summed E-state index contributed by atoms with van der Waals surface area (Å²) in [5.41, 5.74) is 1.78. The van der Waals surface area contributed by atoms with Crippen LogP contribution in [0.1, 0.15) is 31.8 Å². The van der Waals surface area contributed by atoms with E-state index >= 15 is 0 Å². The standard InChI is InChI=1S/C13H7NO2.2C4H4O4/c15-12-8-3-1-2-4-9(8)13(16)11-7-14-6-5-10(11)12;2*5-3(6)1-2-4(7)8/h1-7H;2*1-2H,(H,5,6)(H,7,8). The largest absolute Gasteiger partial charge is 0.478 e. The van der Waals surface area contributed by atoms with Gasteiger partial charge < -0.3 is 20.4 Å². The van der Waals surface area contributed by atoms with Gasteiger partial charge in [-0.15, -0.1) is 0 Å². The Morgan fingerprint density at radius 1 is 0.594 bits per heavy atom. The molecule has 4 N–H and O–H groups in total. The van der Waals surface area contributed by atoms with Crippen LogP contribution in [0.5, 0.6) is 0 Å². The lowest BCUT2D eigenvalue weighted by atomic mass is 9.85. The van der Waals surface area contributed by atoms with Gasteiger partial charge in [-0.05, 0) is 6.07 Å². The Labute approximate surface area is 179 Å². The maximum atomic E-state index is 12.1. The zero-order valence-corrected chi connectivity index (χ0v) is 16.0. The summed E-state index contributed by atoms with van der Waals surface area (Å²) in [6.07, 6.45) is 5.21. The normalized spacial score (nSPS) is 11.4. The molecule has 0 unspecified atom stereocenters. The summed E-state index contributed by atoms with van der Waals surface area (Å²) in [5.74, 6) is -5.26. The maximum absolute atomic E-state index is 12.1. The van der Waals surface area contributed by atoms with Crippen LogP contribution >= 0.6 is 0 Å². The molecule has 1 aliphatic carbocycles. The highest BCUT2D eigenvalue weighted by atomic mass is 16.4. The molecule has 0 spiro atoms. The number of carbonyl (C=O) groups excluding carboxylic acids is 2. The van der Waals surface area contributed by atoms with Crippen LogP contribution in [0.25, 0.3) is 0 Å². The molecule has 1 aromatic carbocycles. The van der Waals surface area contributed by atoms with E-state index in [1.165, 1.54) is 12.4 Å². The highest BCUT2D eigenvalue weighted by Gasteiger charge is 2.28. The van der Waals surface area contributed by atoms with Gasteiger partial charge in [0, 0.05) is 53.4 Å². The summed E-state index contributed by atoms with van der Waals surface area (Å²) in [6.45, 7) is 0. The number of carbonyl (C=O) groups is 6. The van der Waals surface area contributed by atoms with Gasteiger partial charge in [-0.1, -0.05) is 24.3 Å². The second kappa shape index (κ2) is 11.9. The molecule has 32 heavy (non-hydrogen) atoms. The first kappa shape index (κ1) is 25.1. The van der Waals surface area contributed by atoms with Crippen LogP contribution < -0.4 is 0 Å². The van der Waals surface area contributed by atoms with E-state index in [-0.39, 0.29) is 11.6 Å². The van der Waals surface area contributed by atoms with Gasteiger partial charge in [0.05, 0.1) is 5.56 Å². The van der Waals surface area contributed by atoms with Crippen LogP contribution in [0.3, 0.4) is 0 Å². The summed E-state index contributed by atoms with van der Waals surface area (Å²) in [4.78, 5) is 66.2. The van der Waals surface area contributed by atoms with Gasteiger partial charge in [-0.2, -0.15) is 0 Å². The summed E-state index contributed by atoms with van der Waals surface area (Å²) in [7, 11) is 0. The van der Waals surface area contributed by atoms with Gasteiger partial charge in [-0.3, -0.25) is 14.6 Å². The van der Waals surface area contributed by atoms with E-state index in [1.807, 2.05) is 0 Å². The molecule has 2 aromatic rings. The summed E-state index contributed by atoms with van der Waals surface area (Å²) >= 11 is 0. The second-order valence-electron chi connectivity index (χ2n) is 5.64. The molecular weight excluding hydrogens is 426 g/mol. The Morgan fingerprint density at radius 2 is 0.938 bits per heavy atom. The van der Waals surface area contributed by atoms with Crippen molar-refractivity contribution in [3.05, 3.63) is 89.3 Å². The summed E-state index contributed by atoms with van der Waals surface area (Å²) < 4.78 is 0. The number of carboxylic acid groups (broad SMARTS) is 4. The highest BCUT2D eigenvalue weighted by Crippen LogP contribution is 2.25. The van der Waals surface area contributed by atoms with Crippen molar-refractivity contribution in [3.8, 4) is 0 Å². The lowest BCUT2D eigenvalue weighted by molar-refractivity contribution is -0.134. The highest BCUT2D eigenvalue weighted by molar-refractivity contribution is 6.28. The molecule has 0 saturated carbocycles. The molecule has 0 amide bonds. The number of ketones is 2. The average molecular weight is 441 g/mol. The number of carboxylic acids is 4. The molecule has 11 nitrogen and oxygen atoms in total. The topological polar surface area (TPSA) is 196 Å². The molecule has 1 heterocycles. The fourth-order valence-electron chi connectivity index (χ4n) is 2.23. The molecule has 0 bridgehead atoms. The number of aromatic nitrogens is 1. The molecular formula is C21H15NO10. The predicted molar refractivity (Wildman–Crippen MR) is 106 cm³/mol. The van der Waals surface area contributed by atoms with Gasteiger partial charge in [-0.25, -0.2) is 19.2 Å². The number of rotatable bonds is 4. The van der Waals surface area contributed by atoms with Crippen LogP contribution in [-0.2, 0) is 19.2 Å². The molecule has 1 aromatic heterocycles. The van der Waals surface area contributed by atoms with Crippen molar-refractivity contribution in [2.45, 2.75) is 0 Å². The molecule has 1 aliphatic rings. The van der Waals surface area contributed by atoms with E-state index in [0.717, 1.165) is 0 Å². The fourth-order valence-corrected chi connectivity index (χ4v) is 2.23. The van der Waals surface area contributed by atoms with Crippen molar-refractivity contribution < 1.29 is 49.2 Å². The first-order chi connectivity index (χ1) is 15.0.